The monoisotopic (exact) mass is 304 g/mol. The maximum absolute atomic E-state index is 12.5. The van der Waals surface area contributed by atoms with Crippen LogP contribution in [0.4, 0.5) is 13.2 Å². The number of hydrogen-bond acceptors (Lipinski definition) is 4. The third-order valence-electron chi connectivity index (χ3n) is 3.22. The van der Waals surface area contributed by atoms with E-state index >= 15 is 0 Å². The van der Waals surface area contributed by atoms with Crippen molar-refractivity contribution in [2.75, 3.05) is 26.4 Å². The van der Waals surface area contributed by atoms with Crippen LogP contribution in [0.15, 0.2) is 18.2 Å². The summed E-state index contributed by atoms with van der Waals surface area (Å²) in [6.45, 7) is 1.56. The van der Waals surface area contributed by atoms with Gasteiger partial charge in [0.15, 0.2) is 11.5 Å². The van der Waals surface area contributed by atoms with E-state index in [1.165, 1.54) is 4.90 Å². The molecule has 1 aliphatic rings. The molecule has 2 rings (SSSR count). The van der Waals surface area contributed by atoms with Crippen molar-refractivity contribution < 1.29 is 22.6 Å². The average molecular weight is 304 g/mol. The number of nitrogens with two attached hydrogens (primary N) is 1. The lowest BCUT2D eigenvalue weighted by Crippen LogP contribution is -2.39. The van der Waals surface area contributed by atoms with Crippen molar-refractivity contribution in [2.45, 2.75) is 25.6 Å². The van der Waals surface area contributed by atoms with Crippen molar-refractivity contribution >= 4 is 0 Å². The van der Waals surface area contributed by atoms with Gasteiger partial charge in [-0.05, 0) is 30.7 Å². The molecule has 0 saturated carbocycles. The van der Waals surface area contributed by atoms with Crippen molar-refractivity contribution in [1.82, 2.24) is 4.90 Å². The van der Waals surface area contributed by atoms with Crippen LogP contribution < -0.4 is 15.2 Å². The lowest BCUT2D eigenvalue weighted by atomic mass is 10.1. The summed E-state index contributed by atoms with van der Waals surface area (Å²) in [5, 5.41) is 0. The molecule has 21 heavy (non-hydrogen) atoms. The zero-order chi connectivity index (χ0) is 15.5. The second-order valence-electron chi connectivity index (χ2n) is 5.07. The third-order valence-corrected chi connectivity index (χ3v) is 3.22. The Bertz CT molecular complexity index is 480. The van der Waals surface area contributed by atoms with Crippen LogP contribution in [0.25, 0.3) is 0 Å². The molecule has 7 heteroatoms. The van der Waals surface area contributed by atoms with Crippen molar-refractivity contribution in [3.63, 3.8) is 0 Å². The number of fused-ring (bicyclic) bond motifs is 1. The van der Waals surface area contributed by atoms with Gasteiger partial charge in [-0.25, -0.2) is 0 Å². The molecule has 0 saturated heterocycles. The van der Waals surface area contributed by atoms with E-state index in [-0.39, 0.29) is 13.3 Å². The summed E-state index contributed by atoms with van der Waals surface area (Å²) in [6, 6.07) is 4.71. The van der Waals surface area contributed by atoms with E-state index in [1.54, 1.807) is 18.2 Å². The van der Waals surface area contributed by atoms with Crippen LogP contribution in [0.5, 0.6) is 11.5 Å². The van der Waals surface area contributed by atoms with Crippen molar-refractivity contribution in [3.05, 3.63) is 23.8 Å². The molecule has 1 unspecified atom stereocenters. The number of halogens is 3. The molecule has 0 amide bonds. The Kier molecular flexibility index (Phi) is 4.95. The zero-order valence-electron chi connectivity index (χ0n) is 11.8. The summed E-state index contributed by atoms with van der Waals surface area (Å²) in [6.07, 6.45) is -3.58. The van der Waals surface area contributed by atoms with Crippen molar-refractivity contribution in [1.29, 1.82) is 0 Å². The largest absolute Gasteiger partial charge is 0.454 e. The van der Waals surface area contributed by atoms with Gasteiger partial charge in [0.2, 0.25) is 6.79 Å². The van der Waals surface area contributed by atoms with Gasteiger partial charge in [-0.2, -0.15) is 13.2 Å². The molecule has 2 N–H and O–H groups in total. The summed E-state index contributed by atoms with van der Waals surface area (Å²) in [7, 11) is 0. The quantitative estimate of drug-likeness (QED) is 0.878. The Morgan fingerprint density at radius 1 is 1.29 bits per heavy atom. The molecule has 1 heterocycles. The number of ether oxygens (including phenoxy) is 2. The molecular weight excluding hydrogens is 285 g/mol. The van der Waals surface area contributed by atoms with E-state index in [0.717, 1.165) is 5.56 Å². The van der Waals surface area contributed by atoms with Gasteiger partial charge in [0.05, 0.1) is 6.54 Å². The molecule has 0 aliphatic carbocycles. The van der Waals surface area contributed by atoms with Crippen LogP contribution in [-0.2, 0) is 0 Å². The minimum absolute atomic E-state index is 0.146. The van der Waals surface area contributed by atoms with Gasteiger partial charge in [-0.15, -0.1) is 0 Å². The molecule has 0 spiro atoms. The van der Waals surface area contributed by atoms with Gasteiger partial charge in [0.1, 0.15) is 0 Å². The van der Waals surface area contributed by atoms with Gasteiger partial charge >= 0.3 is 6.18 Å². The van der Waals surface area contributed by atoms with Gasteiger partial charge in [0, 0.05) is 12.6 Å². The highest BCUT2D eigenvalue weighted by Gasteiger charge is 2.31. The Morgan fingerprint density at radius 3 is 2.67 bits per heavy atom. The van der Waals surface area contributed by atoms with Crippen LogP contribution in [-0.4, -0.2) is 37.5 Å². The third kappa shape index (κ3) is 4.50. The van der Waals surface area contributed by atoms with E-state index in [9.17, 15) is 13.2 Å². The minimum atomic E-state index is -4.22. The Labute approximate surface area is 121 Å². The van der Waals surface area contributed by atoms with Crippen LogP contribution in [0.3, 0.4) is 0 Å². The molecule has 1 atom stereocenters. The second kappa shape index (κ2) is 6.53. The summed E-state index contributed by atoms with van der Waals surface area (Å²) in [5.41, 5.74) is 6.77. The molecule has 1 aromatic rings. The Hall–Kier alpha value is -1.47. The predicted molar refractivity (Wildman–Crippen MR) is 72.3 cm³/mol. The highest BCUT2D eigenvalue weighted by atomic mass is 19.4. The summed E-state index contributed by atoms with van der Waals surface area (Å²) >= 11 is 0. The van der Waals surface area contributed by atoms with Crippen LogP contribution in [0.1, 0.15) is 24.9 Å². The van der Waals surface area contributed by atoms with Crippen LogP contribution >= 0.6 is 0 Å². The lowest BCUT2D eigenvalue weighted by molar-refractivity contribution is -0.146. The minimum Gasteiger partial charge on any atom is -0.454 e. The van der Waals surface area contributed by atoms with Crippen LogP contribution in [0, 0.1) is 0 Å². The van der Waals surface area contributed by atoms with E-state index in [1.807, 2.05) is 6.92 Å². The number of alkyl halides is 3. The number of hydrogen-bond donors (Lipinski definition) is 1. The zero-order valence-corrected chi connectivity index (χ0v) is 11.8. The molecule has 4 nitrogen and oxygen atoms in total. The fraction of sp³-hybridized carbons (Fsp3) is 0.571. The Morgan fingerprint density at radius 2 is 2.00 bits per heavy atom. The fourth-order valence-corrected chi connectivity index (χ4v) is 2.33. The van der Waals surface area contributed by atoms with Crippen LogP contribution in [0.2, 0.25) is 0 Å². The normalized spacial score (nSPS) is 15.5. The SMILES string of the molecule is CCCN(CC(N)c1ccc2c(c1)OCO2)CC(F)(F)F. The molecule has 0 fully saturated rings. The number of benzene rings is 1. The molecular formula is C14H19F3N2O2. The molecule has 1 aromatic carbocycles. The molecule has 0 aromatic heterocycles. The molecule has 0 bridgehead atoms. The molecule has 118 valence electrons. The first-order valence-corrected chi connectivity index (χ1v) is 6.83. The predicted octanol–water partition coefficient (Wildman–Crippen LogP) is 2.69. The van der Waals surface area contributed by atoms with Crippen molar-refractivity contribution in [3.8, 4) is 11.5 Å². The lowest BCUT2D eigenvalue weighted by Gasteiger charge is -2.26. The summed E-state index contributed by atoms with van der Waals surface area (Å²) < 4.78 is 48.1. The maximum atomic E-state index is 12.5. The van der Waals surface area contributed by atoms with Gasteiger partial charge in [0.25, 0.3) is 0 Å². The highest BCUT2D eigenvalue weighted by molar-refractivity contribution is 5.45. The first-order valence-electron chi connectivity index (χ1n) is 6.83. The maximum Gasteiger partial charge on any atom is 0.401 e. The molecule has 1 aliphatic heterocycles. The van der Waals surface area contributed by atoms with Gasteiger partial charge in [-0.3, -0.25) is 4.90 Å². The Balaban J connectivity index is 2.02. The topological polar surface area (TPSA) is 47.7 Å². The average Bonchev–Trinajstić information content (AvgIpc) is 2.83. The van der Waals surface area contributed by atoms with E-state index in [0.29, 0.717) is 24.5 Å². The van der Waals surface area contributed by atoms with E-state index in [4.69, 9.17) is 15.2 Å². The molecule has 0 radical (unpaired) electrons. The van der Waals surface area contributed by atoms with Gasteiger partial charge < -0.3 is 15.2 Å². The standard InChI is InChI=1S/C14H19F3N2O2/c1-2-5-19(8-14(15,16)17)7-11(18)10-3-4-12-13(6-10)21-9-20-12/h3-4,6,11H,2,5,7-9,18H2,1H3. The number of rotatable bonds is 6. The summed E-state index contributed by atoms with van der Waals surface area (Å²) in [5.74, 6) is 1.22. The van der Waals surface area contributed by atoms with Crippen molar-refractivity contribution in [2.24, 2.45) is 5.73 Å². The second-order valence-corrected chi connectivity index (χ2v) is 5.07. The number of nitrogens with zero attached hydrogens (tertiary/aromatic N) is 1. The first kappa shape index (κ1) is 15.9. The first-order chi connectivity index (χ1) is 9.89. The smallest absolute Gasteiger partial charge is 0.401 e. The fourth-order valence-electron chi connectivity index (χ4n) is 2.33. The van der Waals surface area contributed by atoms with E-state index in [2.05, 4.69) is 0 Å². The highest BCUT2D eigenvalue weighted by Crippen LogP contribution is 2.34. The summed E-state index contributed by atoms with van der Waals surface area (Å²) in [4.78, 5) is 1.33. The van der Waals surface area contributed by atoms with Gasteiger partial charge in [-0.1, -0.05) is 13.0 Å². The van der Waals surface area contributed by atoms with E-state index < -0.39 is 18.8 Å².